The lowest BCUT2D eigenvalue weighted by Gasteiger charge is -2.38. The van der Waals surface area contributed by atoms with Crippen molar-refractivity contribution in [2.75, 3.05) is 0 Å². The Kier molecular flexibility index (Phi) is 7.69. The normalized spacial score (nSPS) is 27.0. The lowest BCUT2D eigenvalue weighted by molar-refractivity contribution is -0.0545. The molecule has 0 saturated carbocycles. The number of pyridine rings is 2. The monoisotopic (exact) mass is 502 g/mol. The third kappa shape index (κ3) is 4.97. The fourth-order valence-corrected chi connectivity index (χ4v) is 5.93. The van der Waals surface area contributed by atoms with Gasteiger partial charge >= 0.3 is 7.60 Å². The second kappa shape index (κ2) is 9.73. The number of rotatable bonds is 9. The Balaban J connectivity index is 1.86. The Bertz CT molecular complexity index is 1090. The van der Waals surface area contributed by atoms with E-state index >= 15 is 0 Å². The van der Waals surface area contributed by atoms with Crippen molar-refractivity contribution in [1.29, 1.82) is 0 Å². The molecule has 190 valence electrons. The maximum absolute atomic E-state index is 13.4. The predicted octanol–water partition coefficient (Wildman–Crippen LogP) is 2.44. The van der Waals surface area contributed by atoms with Crippen LogP contribution in [0.25, 0.3) is 11.4 Å². The summed E-state index contributed by atoms with van der Waals surface area (Å²) in [7, 11) is -4.50. The molecule has 0 aromatic carbocycles. The van der Waals surface area contributed by atoms with Gasteiger partial charge in [0.05, 0.1) is 17.3 Å². The smallest absolute Gasteiger partial charge is 0.359 e. The molecule has 3 rings (SSSR count). The fourth-order valence-electron chi connectivity index (χ4n) is 4.16. The molecule has 6 atom stereocenters. The number of fused-ring (bicyclic) bond motifs is 1. The number of ether oxygens (including phenoxy) is 1. The first-order chi connectivity index (χ1) is 15.8. The van der Waals surface area contributed by atoms with E-state index in [9.17, 15) is 34.0 Å². The van der Waals surface area contributed by atoms with Gasteiger partial charge in [-0.3, -0.25) is 9.36 Å². The topological polar surface area (TPSA) is 162 Å². The molecular weight excluding hydrogens is 470 g/mol. The van der Waals surface area contributed by atoms with Crippen molar-refractivity contribution in [3.8, 4) is 11.4 Å². The van der Waals surface area contributed by atoms with Crippen LogP contribution in [0, 0.1) is 5.95 Å². The molecule has 12 heteroatoms. The number of nitrogens with zero attached hydrogens (tertiary/aromatic N) is 1. The Morgan fingerprint density at radius 1 is 1.21 bits per heavy atom. The molecule has 0 aliphatic carbocycles. The number of halogens is 1. The molecular formula is C22H32FN2O8P. The molecule has 34 heavy (non-hydrogen) atoms. The standard InChI is InChI=1S/C22H32FN2O8P/c1-5-21(4,33-34(30,31)22(29,6-2)7-3)11-14-16(26)17(27)18(32-14)13-10-12-8-9-15(23)24-19(12)25-20(13)28/h8-10,14,16-18,26-27,29H,5-7,11H2,1-4H3,(H,30,31)(H,24,25,28)/t14-,16?,17+,18+,21?/m1/s1. The minimum absolute atomic E-state index is 0.00296. The zero-order valence-electron chi connectivity index (χ0n) is 19.6. The van der Waals surface area contributed by atoms with E-state index in [0.29, 0.717) is 5.56 Å². The van der Waals surface area contributed by atoms with Crippen molar-refractivity contribution in [3.05, 3.63) is 40.1 Å². The summed E-state index contributed by atoms with van der Waals surface area (Å²) in [4.78, 5) is 29.2. The van der Waals surface area contributed by atoms with Crippen molar-refractivity contribution in [1.82, 2.24) is 9.97 Å². The number of aliphatic hydroxyl groups is 3. The second-order valence-corrected chi connectivity index (χ2v) is 11.1. The van der Waals surface area contributed by atoms with Crippen LogP contribution >= 0.6 is 7.60 Å². The number of H-pyrrole nitrogens is 1. The van der Waals surface area contributed by atoms with Crippen molar-refractivity contribution in [2.24, 2.45) is 0 Å². The minimum atomic E-state index is -4.50. The summed E-state index contributed by atoms with van der Waals surface area (Å²) in [6, 6.07) is 3.98. The summed E-state index contributed by atoms with van der Waals surface area (Å²) >= 11 is 0. The predicted molar refractivity (Wildman–Crippen MR) is 121 cm³/mol. The number of aromatic amines is 1. The molecule has 1 fully saturated rings. The van der Waals surface area contributed by atoms with Gasteiger partial charge in [0, 0.05) is 12.0 Å². The summed E-state index contributed by atoms with van der Waals surface area (Å²) in [5.74, 6) is -0.638. The van der Waals surface area contributed by atoms with Crippen LogP contribution in [0.3, 0.4) is 0 Å². The SMILES string of the molecule is CCC(C)(C[C@H]1O[C@@H](c2cc3ccc(F)[nH]c-3nc2=O)[C@@H](O)C1O)OP(=O)(O)C(O)(CC)CC. The lowest BCUT2D eigenvalue weighted by Crippen LogP contribution is -2.40. The number of nitrogens with one attached hydrogen (secondary N) is 1. The van der Waals surface area contributed by atoms with Crippen LogP contribution in [0.5, 0.6) is 0 Å². The van der Waals surface area contributed by atoms with Crippen LogP contribution in [0.15, 0.2) is 23.0 Å². The minimum Gasteiger partial charge on any atom is -0.388 e. The third-order valence-electron chi connectivity index (χ3n) is 6.74. The fraction of sp³-hybridized carbons (Fsp3) is 0.636. The molecule has 0 aromatic rings. The van der Waals surface area contributed by atoms with E-state index in [0.717, 1.165) is 6.07 Å². The quantitative estimate of drug-likeness (QED) is 0.256. The van der Waals surface area contributed by atoms with Crippen molar-refractivity contribution >= 4 is 7.60 Å². The van der Waals surface area contributed by atoms with Gasteiger partial charge in [-0.2, -0.15) is 9.37 Å². The summed E-state index contributed by atoms with van der Waals surface area (Å²) < 4.78 is 37.7. The molecule has 0 radical (unpaired) electrons. The number of aromatic nitrogens is 2. The van der Waals surface area contributed by atoms with Gasteiger partial charge in [-0.15, -0.1) is 0 Å². The molecule has 0 aromatic heterocycles. The first-order valence-electron chi connectivity index (χ1n) is 11.3. The highest BCUT2D eigenvalue weighted by molar-refractivity contribution is 7.54. The van der Waals surface area contributed by atoms with E-state index in [4.69, 9.17) is 9.26 Å². The van der Waals surface area contributed by atoms with Gasteiger partial charge in [0.2, 0.25) is 0 Å². The molecule has 0 bridgehead atoms. The molecule has 1 saturated heterocycles. The molecule has 10 nitrogen and oxygen atoms in total. The van der Waals surface area contributed by atoms with Gasteiger partial charge in [-0.05, 0) is 44.4 Å². The number of aliphatic hydroxyl groups excluding tert-OH is 2. The molecule has 5 N–H and O–H groups in total. The number of hydrogen-bond donors (Lipinski definition) is 5. The Morgan fingerprint density at radius 3 is 2.44 bits per heavy atom. The summed E-state index contributed by atoms with van der Waals surface area (Å²) in [6.07, 6.45) is -5.03. The van der Waals surface area contributed by atoms with E-state index < -0.39 is 54.5 Å². The highest BCUT2D eigenvalue weighted by Gasteiger charge is 2.51. The maximum atomic E-state index is 13.4. The molecule has 3 heterocycles. The molecule has 3 aliphatic rings. The zero-order valence-corrected chi connectivity index (χ0v) is 20.5. The summed E-state index contributed by atoms with van der Waals surface area (Å²) in [5.41, 5.74) is -1.65. The average Bonchev–Trinajstić information content (AvgIpc) is 3.05. The Labute approximate surface area is 196 Å². The van der Waals surface area contributed by atoms with E-state index in [-0.39, 0.29) is 37.1 Å². The van der Waals surface area contributed by atoms with Crippen LogP contribution in [0.4, 0.5) is 4.39 Å². The highest BCUT2D eigenvalue weighted by Crippen LogP contribution is 2.60. The molecule has 3 aliphatic heterocycles. The van der Waals surface area contributed by atoms with Crippen LogP contribution < -0.4 is 5.56 Å². The highest BCUT2D eigenvalue weighted by atomic mass is 31.2. The molecule has 0 amide bonds. The van der Waals surface area contributed by atoms with E-state index in [1.165, 1.54) is 12.1 Å². The average molecular weight is 502 g/mol. The van der Waals surface area contributed by atoms with Crippen molar-refractivity contribution < 1.29 is 38.4 Å². The largest absolute Gasteiger partial charge is 0.388 e. The van der Waals surface area contributed by atoms with Crippen LogP contribution in [-0.4, -0.2) is 59.4 Å². The van der Waals surface area contributed by atoms with E-state index in [2.05, 4.69) is 9.97 Å². The van der Waals surface area contributed by atoms with Crippen LogP contribution in [-0.2, 0) is 13.8 Å². The van der Waals surface area contributed by atoms with Crippen LogP contribution in [0.1, 0.15) is 65.0 Å². The van der Waals surface area contributed by atoms with Gasteiger partial charge in [0.1, 0.15) is 24.1 Å². The van der Waals surface area contributed by atoms with Gasteiger partial charge in [0.15, 0.2) is 11.3 Å². The second-order valence-electron chi connectivity index (χ2n) is 9.01. The maximum Gasteiger partial charge on any atom is 0.359 e. The first kappa shape index (κ1) is 26.9. The van der Waals surface area contributed by atoms with E-state index in [1.807, 2.05) is 0 Å². The van der Waals surface area contributed by atoms with Gasteiger partial charge in [-0.25, -0.2) is 0 Å². The third-order valence-corrected chi connectivity index (χ3v) is 9.12. The van der Waals surface area contributed by atoms with Crippen LogP contribution in [0.2, 0.25) is 0 Å². The Hall–Kier alpha value is -1.72. The van der Waals surface area contributed by atoms with Gasteiger partial charge in [-0.1, -0.05) is 20.8 Å². The van der Waals surface area contributed by atoms with Gasteiger partial charge in [0.25, 0.3) is 5.56 Å². The zero-order chi connectivity index (χ0) is 25.5. The molecule has 3 unspecified atom stereocenters. The van der Waals surface area contributed by atoms with E-state index in [1.54, 1.807) is 27.7 Å². The van der Waals surface area contributed by atoms with Crippen molar-refractivity contribution in [3.63, 3.8) is 0 Å². The summed E-state index contributed by atoms with van der Waals surface area (Å²) in [6.45, 7) is 6.42. The molecule has 0 spiro atoms. The lowest BCUT2D eigenvalue weighted by atomic mass is 9.92. The van der Waals surface area contributed by atoms with Crippen molar-refractivity contribution in [2.45, 2.75) is 88.7 Å². The number of hydrogen-bond acceptors (Lipinski definition) is 8. The Morgan fingerprint density at radius 2 is 1.85 bits per heavy atom. The first-order valence-corrected chi connectivity index (χ1v) is 12.8. The summed E-state index contributed by atoms with van der Waals surface area (Å²) in [5, 5.41) is 29.9. The van der Waals surface area contributed by atoms with Gasteiger partial charge < -0.3 is 34.5 Å².